The van der Waals surface area contributed by atoms with Gasteiger partial charge in [0.15, 0.2) is 0 Å². The fourth-order valence-corrected chi connectivity index (χ4v) is 5.05. The minimum absolute atomic E-state index is 0.0227. The van der Waals surface area contributed by atoms with Gasteiger partial charge in [0.2, 0.25) is 10.0 Å². The summed E-state index contributed by atoms with van der Waals surface area (Å²) < 4.78 is 90.3. The van der Waals surface area contributed by atoms with Crippen LogP contribution in [0.15, 0.2) is 0 Å². The molecule has 0 amide bonds. The van der Waals surface area contributed by atoms with Gasteiger partial charge in [-0.1, -0.05) is 0 Å². The Morgan fingerprint density at radius 3 is 2.26 bits per heavy atom. The van der Waals surface area contributed by atoms with Gasteiger partial charge >= 0.3 is 12.1 Å². The fourth-order valence-electron chi connectivity index (χ4n) is 3.14. The lowest BCUT2D eigenvalue weighted by molar-refractivity contribution is -0.187. The Morgan fingerprint density at radius 1 is 1.26 bits per heavy atom. The highest BCUT2D eigenvalue weighted by Crippen LogP contribution is 2.43. The van der Waals surface area contributed by atoms with Crippen molar-refractivity contribution in [2.24, 2.45) is 17.8 Å². The van der Waals surface area contributed by atoms with Gasteiger partial charge in [-0.3, -0.25) is 4.79 Å². The molecule has 0 radical (unpaired) electrons. The summed E-state index contributed by atoms with van der Waals surface area (Å²) in [6, 6.07) is 0. The van der Waals surface area contributed by atoms with Crippen molar-refractivity contribution in [1.82, 2.24) is 4.31 Å². The Hall–Kier alpha value is -0.970. The van der Waals surface area contributed by atoms with Gasteiger partial charge in [-0.05, 0) is 12.8 Å². The maximum Gasteiger partial charge on any atom is 0.393 e. The molecule has 0 aromatic rings. The van der Waals surface area contributed by atoms with Crippen LogP contribution in [0.3, 0.4) is 0 Å². The van der Waals surface area contributed by atoms with E-state index in [1.807, 2.05) is 0 Å². The van der Waals surface area contributed by atoms with E-state index in [0.29, 0.717) is 4.31 Å². The lowest BCUT2D eigenvalue weighted by Crippen LogP contribution is -2.38. The van der Waals surface area contributed by atoms with E-state index < -0.39 is 71.1 Å². The van der Waals surface area contributed by atoms with Crippen LogP contribution >= 0.6 is 0 Å². The third-order valence-electron chi connectivity index (χ3n) is 4.49. The summed E-state index contributed by atoms with van der Waals surface area (Å²) in [5.41, 5.74) is 0. The predicted molar refractivity (Wildman–Crippen MR) is 68.3 cm³/mol. The molecule has 1 unspecified atom stereocenters. The van der Waals surface area contributed by atoms with Gasteiger partial charge in [-0.25, -0.2) is 21.5 Å². The van der Waals surface area contributed by atoms with Crippen molar-refractivity contribution in [3.63, 3.8) is 0 Å². The van der Waals surface area contributed by atoms with Crippen LogP contribution in [0.2, 0.25) is 0 Å². The van der Waals surface area contributed by atoms with Gasteiger partial charge in [0.05, 0.1) is 17.6 Å². The SMILES string of the molecule is O=C(O)[C@@H]1CN(S(=O)(=O)CC2CCCC2(F)F)C[C@H]1C(F)(F)F. The number of alkyl halides is 5. The summed E-state index contributed by atoms with van der Waals surface area (Å²) in [6.45, 7) is -1.89. The van der Waals surface area contributed by atoms with Crippen LogP contribution in [0.4, 0.5) is 22.0 Å². The number of carbonyl (C=O) groups is 1. The van der Waals surface area contributed by atoms with Crippen molar-refractivity contribution >= 4 is 16.0 Å². The third kappa shape index (κ3) is 3.76. The molecule has 0 aromatic heterocycles. The average molecular weight is 365 g/mol. The number of hydrogen-bond acceptors (Lipinski definition) is 3. The van der Waals surface area contributed by atoms with Crippen LogP contribution in [0.1, 0.15) is 19.3 Å². The predicted octanol–water partition coefficient (Wildman–Crippen LogP) is 1.95. The number of rotatable bonds is 4. The lowest BCUT2D eigenvalue weighted by atomic mass is 9.96. The van der Waals surface area contributed by atoms with Crippen molar-refractivity contribution in [1.29, 1.82) is 0 Å². The maximum absolute atomic E-state index is 13.5. The maximum atomic E-state index is 13.5. The molecule has 23 heavy (non-hydrogen) atoms. The van der Waals surface area contributed by atoms with Gasteiger partial charge in [-0.15, -0.1) is 0 Å². The van der Waals surface area contributed by atoms with Crippen LogP contribution in [0.5, 0.6) is 0 Å². The van der Waals surface area contributed by atoms with E-state index in [1.165, 1.54) is 0 Å². The molecule has 0 spiro atoms. The molecule has 2 aliphatic rings. The first-order valence-electron chi connectivity index (χ1n) is 7.00. The van der Waals surface area contributed by atoms with Crippen LogP contribution in [0.25, 0.3) is 0 Å². The minimum Gasteiger partial charge on any atom is -0.481 e. The highest BCUT2D eigenvalue weighted by molar-refractivity contribution is 7.89. The van der Waals surface area contributed by atoms with Crippen molar-refractivity contribution in [3.05, 3.63) is 0 Å². The third-order valence-corrected chi connectivity index (χ3v) is 6.40. The number of carboxylic acid groups (broad SMARTS) is 1. The van der Waals surface area contributed by atoms with Crippen LogP contribution < -0.4 is 0 Å². The molecule has 1 saturated carbocycles. The summed E-state index contributed by atoms with van der Waals surface area (Å²) >= 11 is 0. The molecule has 134 valence electrons. The molecule has 1 aliphatic carbocycles. The molecule has 2 rings (SSSR count). The molecule has 3 atom stereocenters. The van der Waals surface area contributed by atoms with Crippen LogP contribution in [-0.2, 0) is 14.8 Å². The first kappa shape index (κ1) is 18.4. The number of halogens is 5. The van der Waals surface area contributed by atoms with E-state index in [-0.39, 0.29) is 12.8 Å². The first-order valence-corrected chi connectivity index (χ1v) is 8.60. The number of nitrogens with zero attached hydrogens (tertiary/aromatic N) is 1. The highest BCUT2D eigenvalue weighted by atomic mass is 32.2. The zero-order valence-electron chi connectivity index (χ0n) is 11.9. The standard InChI is InChI=1S/C12H16F5NO4S/c13-11(14)3-1-2-7(11)6-23(21,22)18-4-8(10(19)20)9(5-18)12(15,16)17/h7-9H,1-6H2,(H,19,20)/t7?,8-,9-/m1/s1. The van der Waals surface area contributed by atoms with Gasteiger partial charge in [-0.2, -0.15) is 13.2 Å². The largest absolute Gasteiger partial charge is 0.481 e. The number of hydrogen-bond donors (Lipinski definition) is 1. The van der Waals surface area contributed by atoms with Crippen molar-refractivity contribution in [3.8, 4) is 0 Å². The van der Waals surface area contributed by atoms with Gasteiger partial charge in [0.1, 0.15) is 0 Å². The second-order valence-electron chi connectivity index (χ2n) is 6.04. The van der Waals surface area contributed by atoms with Crippen molar-refractivity contribution < 1.29 is 40.3 Å². The number of aliphatic carboxylic acids is 1. The van der Waals surface area contributed by atoms with Crippen molar-refractivity contribution in [2.45, 2.75) is 31.4 Å². The average Bonchev–Trinajstić information content (AvgIpc) is 2.93. The number of sulfonamides is 1. The topological polar surface area (TPSA) is 74.7 Å². The highest BCUT2D eigenvalue weighted by Gasteiger charge is 2.55. The van der Waals surface area contributed by atoms with E-state index in [4.69, 9.17) is 5.11 Å². The Labute approximate surface area is 129 Å². The van der Waals surface area contributed by atoms with Crippen LogP contribution in [0, 0.1) is 17.8 Å². The Balaban J connectivity index is 2.16. The zero-order valence-corrected chi connectivity index (χ0v) is 12.7. The van der Waals surface area contributed by atoms with Crippen molar-refractivity contribution in [2.75, 3.05) is 18.8 Å². The first-order chi connectivity index (χ1) is 10.3. The van der Waals surface area contributed by atoms with Gasteiger partial charge < -0.3 is 5.11 Å². The molecule has 0 aromatic carbocycles. The van der Waals surface area contributed by atoms with E-state index in [9.17, 15) is 35.2 Å². The monoisotopic (exact) mass is 365 g/mol. The van der Waals surface area contributed by atoms with Gasteiger partial charge in [0, 0.05) is 25.4 Å². The second kappa shape index (κ2) is 5.83. The van der Waals surface area contributed by atoms with Gasteiger partial charge in [0.25, 0.3) is 5.92 Å². The quantitative estimate of drug-likeness (QED) is 0.773. The smallest absolute Gasteiger partial charge is 0.393 e. The van der Waals surface area contributed by atoms with E-state index in [0.717, 1.165) is 0 Å². The number of carboxylic acids is 1. The molecule has 1 saturated heterocycles. The van der Waals surface area contributed by atoms with E-state index >= 15 is 0 Å². The van der Waals surface area contributed by atoms with E-state index in [2.05, 4.69) is 0 Å². The Kier molecular flexibility index (Phi) is 4.66. The molecule has 1 N–H and O–H groups in total. The normalized spacial score (nSPS) is 32.3. The summed E-state index contributed by atoms with van der Waals surface area (Å²) in [5.74, 6) is -11.6. The molecule has 5 nitrogen and oxygen atoms in total. The second-order valence-corrected chi connectivity index (χ2v) is 8.05. The lowest BCUT2D eigenvalue weighted by Gasteiger charge is -2.23. The molecule has 2 fully saturated rings. The Morgan fingerprint density at radius 2 is 1.87 bits per heavy atom. The molecular weight excluding hydrogens is 349 g/mol. The summed E-state index contributed by atoms with van der Waals surface area (Å²) in [5, 5.41) is 8.86. The molecular formula is C12H16F5NO4S. The summed E-state index contributed by atoms with van der Waals surface area (Å²) in [7, 11) is -4.38. The summed E-state index contributed by atoms with van der Waals surface area (Å²) in [4.78, 5) is 10.9. The molecule has 0 bridgehead atoms. The van der Waals surface area contributed by atoms with Crippen LogP contribution in [-0.4, -0.2) is 54.7 Å². The molecule has 1 heterocycles. The zero-order chi connectivity index (χ0) is 17.6. The van der Waals surface area contributed by atoms with E-state index in [1.54, 1.807) is 0 Å². The molecule has 11 heteroatoms. The minimum atomic E-state index is -4.87. The molecule has 1 aliphatic heterocycles. The Bertz CT molecular complexity index is 576. The fraction of sp³-hybridized carbons (Fsp3) is 0.917. The summed E-state index contributed by atoms with van der Waals surface area (Å²) in [6.07, 6.45) is -5.19.